The summed E-state index contributed by atoms with van der Waals surface area (Å²) in [6.07, 6.45) is -3.89. The molecule has 0 aliphatic heterocycles. The lowest BCUT2D eigenvalue weighted by molar-refractivity contribution is -0.137. The van der Waals surface area contributed by atoms with Gasteiger partial charge >= 0.3 is 6.18 Å². The highest BCUT2D eigenvalue weighted by Gasteiger charge is 2.39. The molecule has 1 aliphatic carbocycles. The van der Waals surface area contributed by atoms with Crippen molar-refractivity contribution in [3.63, 3.8) is 0 Å². The van der Waals surface area contributed by atoms with E-state index in [9.17, 15) is 13.2 Å². The molecule has 0 saturated heterocycles. The van der Waals surface area contributed by atoms with Crippen LogP contribution in [0.3, 0.4) is 0 Å². The minimum absolute atomic E-state index is 0.0576. The lowest BCUT2D eigenvalue weighted by atomic mass is 9.83. The topological polar surface area (TPSA) is 71.1 Å². The van der Waals surface area contributed by atoms with E-state index in [2.05, 4.69) is 5.32 Å². The van der Waals surface area contributed by atoms with Crippen LogP contribution in [0.15, 0.2) is 18.2 Å². The Morgan fingerprint density at radius 2 is 2.19 bits per heavy atom. The number of nitriles is 1. The number of nitrogens with zero attached hydrogens (tertiary/aromatic N) is 1. The Morgan fingerprint density at radius 1 is 1.48 bits per heavy atom. The van der Waals surface area contributed by atoms with Gasteiger partial charge in [0.05, 0.1) is 29.3 Å². The van der Waals surface area contributed by atoms with Gasteiger partial charge in [0, 0.05) is 18.3 Å². The van der Waals surface area contributed by atoms with Gasteiger partial charge in [-0.3, -0.25) is 0 Å². The number of halogens is 3. The van der Waals surface area contributed by atoms with E-state index < -0.39 is 17.3 Å². The predicted molar refractivity (Wildman–Crippen MR) is 71.6 cm³/mol. The van der Waals surface area contributed by atoms with Gasteiger partial charge in [-0.2, -0.15) is 18.4 Å². The van der Waals surface area contributed by atoms with Crippen LogP contribution in [0.5, 0.6) is 0 Å². The number of benzene rings is 1. The first-order valence-corrected chi connectivity index (χ1v) is 6.62. The van der Waals surface area contributed by atoms with E-state index in [0.717, 1.165) is 6.07 Å². The maximum absolute atomic E-state index is 12.7. The van der Waals surface area contributed by atoms with E-state index in [-0.39, 0.29) is 18.2 Å². The van der Waals surface area contributed by atoms with Crippen molar-refractivity contribution in [3.8, 4) is 6.07 Å². The molecule has 1 fully saturated rings. The molecule has 0 bridgehead atoms. The normalized spacial score (nSPS) is 25.0. The molecule has 3 unspecified atom stereocenters. The highest BCUT2D eigenvalue weighted by atomic mass is 19.4. The summed E-state index contributed by atoms with van der Waals surface area (Å²) in [4.78, 5) is 0. The van der Waals surface area contributed by atoms with E-state index in [1.165, 1.54) is 12.1 Å². The Morgan fingerprint density at radius 3 is 2.71 bits per heavy atom. The molecule has 1 aliphatic rings. The van der Waals surface area contributed by atoms with Gasteiger partial charge in [-0.25, -0.2) is 0 Å². The summed E-state index contributed by atoms with van der Waals surface area (Å²) >= 11 is 0. The molecule has 0 radical (unpaired) electrons. The van der Waals surface area contributed by atoms with Crippen LogP contribution in [0.25, 0.3) is 0 Å². The second kappa shape index (κ2) is 5.92. The van der Waals surface area contributed by atoms with Crippen LogP contribution < -0.4 is 11.1 Å². The van der Waals surface area contributed by atoms with Gasteiger partial charge in [0.2, 0.25) is 0 Å². The summed E-state index contributed by atoms with van der Waals surface area (Å²) in [6, 6.07) is 4.70. The van der Waals surface area contributed by atoms with Crippen molar-refractivity contribution in [2.45, 2.75) is 37.7 Å². The first-order valence-electron chi connectivity index (χ1n) is 6.62. The van der Waals surface area contributed by atoms with Crippen molar-refractivity contribution in [3.05, 3.63) is 29.3 Å². The molecule has 4 nitrogen and oxygen atoms in total. The lowest BCUT2D eigenvalue weighted by Crippen LogP contribution is -2.60. The molecule has 7 heteroatoms. The zero-order valence-corrected chi connectivity index (χ0v) is 11.4. The Hall–Kier alpha value is -1.78. The van der Waals surface area contributed by atoms with E-state index in [1.807, 2.05) is 6.92 Å². The zero-order chi connectivity index (χ0) is 15.6. The van der Waals surface area contributed by atoms with Gasteiger partial charge in [0.15, 0.2) is 0 Å². The lowest BCUT2D eigenvalue weighted by Gasteiger charge is -2.43. The van der Waals surface area contributed by atoms with Crippen molar-refractivity contribution in [2.24, 2.45) is 5.73 Å². The van der Waals surface area contributed by atoms with Crippen LogP contribution >= 0.6 is 0 Å². The first kappa shape index (κ1) is 15.6. The third-order valence-corrected chi connectivity index (χ3v) is 3.53. The molecule has 0 heterocycles. The van der Waals surface area contributed by atoms with E-state index in [1.54, 1.807) is 6.07 Å². The molecule has 1 saturated carbocycles. The molecule has 21 heavy (non-hydrogen) atoms. The number of ether oxygens (including phenoxy) is 1. The van der Waals surface area contributed by atoms with Gasteiger partial charge in [-0.1, -0.05) is 0 Å². The second-order valence-corrected chi connectivity index (χ2v) is 4.93. The maximum atomic E-state index is 12.7. The molecule has 0 aromatic heterocycles. The molecule has 2 rings (SSSR count). The van der Waals surface area contributed by atoms with Crippen molar-refractivity contribution < 1.29 is 17.9 Å². The van der Waals surface area contributed by atoms with Crippen LogP contribution in [-0.2, 0) is 10.9 Å². The highest BCUT2D eigenvalue weighted by molar-refractivity contribution is 5.54. The van der Waals surface area contributed by atoms with Crippen LogP contribution in [-0.4, -0.2) is 24.8 Å². The smallest absolute Gasteiger partial charge is 0.378 e. The SMILES string of the molecule is CCOC1CC(N)C1Nc1ccc(C(F)(F)F)c(C#N)c1. The van der Waals surface area contributed by atoms with E-state index in [4.69, 9.17) is 15.7 Å². The molecule has 3 N–H and O–H groups in total. The van der Waals surface area contributed by atoms with E-state index in [0.29, 0.717) is 18.7 Å². The second-order valence-electron chi connectivity index (χ2n) is 4.93. The highest BCUT2D eigenvalue weighted by Crippen LogP contribution is 2.34. The molecule has 0 spiro atoms. The fourth-order valence-electron chi connectivity index (χ4n) is 2.39. The molecule has 1 aromatic carbocycles. The van der Waals surface area contributed by atoms with Gasteiger partial charge in [0.1, 0.15) is 0 Å². The Bertz CT molecular complexity index is 551. The number of hydrogen-bond donors (Lipinski definition) is 2. The van der Waals surface area contributed by atoms with Crippen LogP contribution in [0, 0.1) is 11.3 Å². The van der Waals surface area contributed by atoms with Crippen molar-refractivity contribution in [1.29, 1.82) is 5.26 Å². The molecule has 1 aromatic rings. The van der Waals surface area contributed by atoms with E-state index >= 15 is 0 Å². The molecule has 3 atom stereocenters. The fraction of sp³-hybridized carbons (Fsp3) is 0.500. The number of nitrogens with one attached hydrogen (secondary N) is 1. The fourth-order valence-corrected chi connectivity index (χ4v) is 2.39. The maximum Gasteiger partial charge on any atom is 0.417 e. The first-order chi connectivity index (χ1) is 9.86. The summed E-state index contributed by atoms with van der Waals surface area (Å²) in [5, 5.41) is 11.9. The number of rotatable bonds is 4. The summed E-state index contributed by atoms with van der Waals surface area (Å²) in [6.45, 7) is 2.42. The monoisotopic (exact) mass is 299 g/mol. The molecule has 0 amide bonds. The summed E-state index contributed by atoms with van der Waals surface area (Å²) in [5.41, 5.74) is 4.96. The average Bonchev–Trinajstić information content (AvgIpc) is 2.43. The Labute approximate surface area is 120 Å². The average molecular weight is 299 g/mol. The Balaban J connectivity index is 2.17. The van der Waals surface area contributed by atoms with Crippen LogP contribution in [0.2, 0.25) is 0 Å². The van der Waals surface area contributed by atoms with Gasteiger partial charge in [0.25, 0.3) is 0 Å². The van der Waals surface area contributed by atoms with Gasteiger partial charge in [-0.05, 0) is 31.5 Å². The largest absolute Gasteiger partial charge is 0.417 e. The van der Waals surface area contributed by atoms with Crippen molar-refractivity contribution in [1.82, 2.24) is 0 Å². The minimum Gasteiger partial charge on any atom is -0.378 e. The molecular weight excluding hydrogens is 283 g/mol. The van der Waals surface area contributed by atoms with Crippen LogP contribution in [0.1, 0.15) is 24.5 Å². The summed E-state index contributed by atoms with van der Waals surface area (Å²) in [7, 11) is 0. The predicted octanol–water partition coefficient (Wildman–Crippen LogP) is 2.49. The third-order valence-electron chi connectivity index (χ3n) is 3.53. The number of anilines is 1. The van der Waals surface area contributed by atoms with Crippen molar-refractivity contribution in [2.75, 3.05) is 11.9 Å². The summed E-state index contributed by atoms with van der Waals surface area (Å²) in [5.74, 6) is 0. The third kappa shape index (κ3) is 3.28. The molecule has 114 valence electrons. The molecular formula is C14H16F3N3O. The minimum atomic E-state index is -4.54. The van der Waals surface area contributed by atoms with Gasteiger partial charge in [-0.15, -0.1) is 0 Å². The number of nitrogens with two attached hydrogens (primary N) is 1. The quantitative estimate of drug-likeness (QED) is 0.896. The number of hydrogen-bond acceptors (Lipinski definition) is 4. The summed E-state index contributed by atoms with van der Waals surface area (Å²) < 4.78 is 43.6. The van der Waals surface area contributed by atoms with Crippen LogP contribution in [0.4, 0.5) is 18.9 Å². The zero-order valence-electron chi connectivity index (χ0n) is 11.4. The standard InChI is InChI=1S/C14H16F3N3O/c1-2-21-12-6-11(19)13(12)20-9-3-4-10(14(15,16)17)8(5-9)7-18/h3-5,11-13,20H,2,6,19H2,1H3. The Kier molecular flexibility index (Phi) is 4.40. The number of alkyl halides is 3. The van der Waals surface area contributed by atoms with Crippen molar-refractivity contribution >= 4 is 5.69 Å². The van der Waals surface area contributed by atoms with Gasteiger partial charge < -0.3 is 15.8 Å².